The first kappa shape index (κ1) is 17.2. The van der Waals surface area contributed by atoms with Crippen LogP contribution in [0.2, 0.25) is 0 Å². The first-order valence-corrected chi connectivity index (χ1v) is 7.33. The van der Waals surface area contributed by atoms with Gasteiger partial charge in [-0.15, -0.1) is 0 Å². The number of carbonyl (C=O) groups is 2. The van der Waals surface area contributed by atoms with Crippen molar-refractivity contribution in [2.75, 3.05) is 19.6 Å². The molecule has 0 aliphatic carbocycles. The average Bonchev–Trinajstić information content (AvgIpc) is 2.93. The number of aliphatic carboxylic acids is 1. The molecular weight excluding hydrogens is 272 g/mol. The number of carboxylic acid groups (broad SMARTS) is 1. The number of hydrogen-bond donors (Lipinski definition) is 2. The normalized spacial score (nSPS) is 12.4. The van der Waals surface area contributed by atoms with Gasteiger partial charge in [0.1, 0.15) is 12.3 Å². The van der Waals surface area contributed by atoms with Crippen LogP contribution in [-0.2, 0) is 4.79 Å². The summed E-state index contributed by atoms with van der Waals surface area (Å²) >= 11 is 0. The summed E-state index contributed by atoms with van der Waals surface area (Å²) in [4.78, 5) is 24.5. The number of carbonyl (C=O) groups excluding carboxylic acids is 1. The van der Waals surface area contributed by atoms with Gasteiger partial charge >= 0.3 is 5.97 Å². The van der Waals surface area contributed by atoms with Crippen molar-refractivity contribution in [3.05, 3.63) is 23.7 Å². The molecule has 21 heavy (non-hydrogen) atoms. The standard InChI is InChI=1S/C15H24N2O4/c1-4-8-17(9-5-2)11(3)12-6-7-13(21-12)15(20)16-10-14(18)19/h6-7,11H,4-5,8-10H2,1-3H3,(H,16,20)(H,18,19). The van der Waals surface area contributed by atoms with E-state index in [4.69, 9.17) is 9.52 Å². The summed E-state index contributed by atoms with van der Waals surface area (Å²) in [6.45, 7) is 7.82. The molecule has 1 rings (SSSR count). The maximum atomic E-state index is 11.7. The van der Waals surface area contributed by atoms with Gasteiger partial charge in [-0.25, -0.2) is 0 Å². The zero-order valence-electron chi connectivity index (χ0n) is 12.9. The molecule has 0 saturated carbocycles. The minimum absolute atomic E-state index is 0.0888. The Kier molecular flexibility index (Phi) is 6.94. The van der Waals surface area contributed by atoms with Gasteiger partial charge in [-0.1, -0.05) is 13.8 Å². The van der Waals surface area contributed by atoms with Crippen molar-refractivity contribution < 1.29 is 19.1 Å². The number of hydrogen-bond acceptors (Lipinski definition) is 4. The van der Waals surface area contributed by atoms with E-state index < -0.39 is 18.4 Å². The molecule has 1 aromatic heterocycles. The van der Waals surface area contributed by atoms with Crippen LogP contribution in [0.1, 0.15) is 56.0 Å². The Hall–Kier alpha value is -1.82. The van der Waals surface area contributed by atoms with Gasteiger partial charge in [0.15, 0.2) is 5.76 Å². The summed E-state index contributed by atoms with van der Waals surface area (Å²) < 4.78 is 5.57. The maximum Gasteiger partial charge on any atom is 0.322 e. The molecule has 0 aliphatic heterocycles. The number of nitrogens with one attached hydrogen (secondary N) is 1. The zero-order valence-corrected chi connectivity index (χ0v) is 12.9. The van der Waals surface area contributed by atoms with E-state index in [2.05, 4.69) is 24.1 Å². The van der Waals surface area contributed by atoms with Crippen LogP contribution in [0.5, 0.6) is 0 Å². The quantitative estimate of drug-likeness (QED) is 0.730. The Bertz CT molecular complexity index is 464. The monoisotopic (exact) mass is 296 g/mol. The van der Waals surface area contributed by atoms with Gasteiger partial charge in [0.05, 0.1) is 6.04 Å². The summed E-state index contributed by atoms with van der Waals surface area (Å²) in [5, 5.41) is 10.8. The van der Waals surface area contributed by atoms with E-state index in [-0.39, 0.29) is 11.8 Å². The van der Waals surface area contributed by atoms with Crippen LogP contribution in [0, 0.1) is 0 Å². The fourth-order valence-electron chi connectivity index (χ4n) is 2.20. The molecule has 1 amide bonds. The van der Waals surface area contributed by atoms with Crippen LogP contribution < -0.4 is 5.32 Å². The van der Waals surface area contributed by atoms with Crippen molar-refractivity contribution in [3.8, 4) is 0 Å². The molecule has 2 N–H and O–H groups in total. The van der Waals surface area contributed by atoms with E-state index in [1.165, 1.54) is 0 Å². The minimum Gasteiger partial charge on any atom is -0.480 e. The molecule has 6 nitrogen and oxygen atoms in total. The molecule has 0 radical (unpaired) electrons. The van der Waals surface area contributed by atoms with Crippen molar-refractivity contribution >= 4 is 11.9 Å². The van der Waals surface area contributed by atoms with E-state index in [9.17, 15) is 9.59 Å². The predicted molar refractivity (Wildman–Crippen MR) is 79.2 cm³/mol. The summed E-state index contributed by atoms with van der Waals surface area (Å²) in [6.07, 6.45) is 2.11. The SMILES string of the molecule is CCCN(CCC)C(C)c1ccc(C(=O)NCC(=O)O)o1. The Labute approximate surface area is 125 Å². The highest BCUT2D eigenvalue weighted by Crippen LogP contribution is 2.23. The third-order valence-corrected chi connectivity index (χ3v) is 3.23. The molecule has 1 heterocycles. The molecule has 0 bridgehead atoms. The fourth-order valence-corrected chi connectivity index (χ4v) is 2.20. The van der Waals surface area contributed by atoms with Crippen molar-refractivity contribution in [2.24, 2.45) is 0 Å². The highest BCUT2D eigenvalue weighted by molar-refractivity contribution is 5.93. The second kappa shape index (κ2) is 8.46. The molecular formula is C15H24N2O4. The van der Waals surface area contributed by atoms with E-state index in [1.54, 1.807) is 12.1 Å². The van der Waals surface area contributed by atoms with Crippen LogP contribution in [0.4, 0.5) is 0 Å². The molecule has 0 aromatic carbocycles. The first-order valence-electron chi connectivity index (χ1n) is 7.33. The number of amides is 1. The van der Waals surface area contributed by atoms with Gasteiger partial charge in [0.25, 0.3) is 5.91 Å². The third kappa shape index (κ3) is 5.23. The molecule has 118 valence electrons. The van der Waals surface area contributed by atoms with Gasteiger partial charge in [-0.3, -0.25) is 14.5 Å². The van der Waals surface area contributed by atoms with Crippen LogP contribution >= 0.6 is 0 Å². The summed E-state index contributed by atoms with van der Waals surface area (Å²) in [5.41, 5.74) is 0. The highest BCUT2D eigenvalue weighted by Gasteiger charge is 2.19. The number of furan rings is 1. The summed E-state index contributed by atoms with van der Waals surface area (Å²) in [7, 11) is 0. The molecule has 0 aliphatic rings. The van der Waals surface area contributed by atoms with Crippen LogP contribution in [-0.4, -0.2) is 41.5 Å². The molecule has 0 saturated heterocycles. The van der Waals surface area contributed by atoms with Gasteiger partial charge in [0, 0.05) is 0 Å². The third-order valence-electron chi connectivity index (χ3n) is 3.23. The Morgan fingerprint density at radius 3 is 2.43 bits per heavy atom. The van der Waals surface area contributed by atoms with E-state index in [0.29, 0.717) is 0 Å². The van der Waals surface area contributed by atoms with Crippen molar-refractivity contribution in [1.82, 2.24) is 10.2 Å². The Morgan fingerprint density at radius 2 is 1.90 bits per heavy atom. The van der Waals surface area contributed by atoms with Crippen molar-refractivity contribution in [2.45, 2.75) is 39.7 Å². The number of rotatable bonds is 9. The lowest BCUT2D eigenvalue weighted by Gasteiger charge is -2.26. The molecule has 1 unspecified atom stereocenters. The molecule has 0 spiro atoms. The summed E-state index contributed by atoms with van der Waals surface area (Å²) in [6, 6.07) is 3.45. The topological polar surface area (TPSA) is 82.8 Å². The average molecular weight is 296 g/mol. The molecule has 6 heteroatoms. The van der Waals surface area contributed by atoms with Gasteiger partial charge in [-0.05, 0) is 45.0 Å². The van der Waals surface area contributed by atoms with Gasteiger partial charge < -0.3 is 14.8 Å². The summed E-state index contributed by atoms with van der Waals surface area (Å²) in [5.74, 6) is -0.725. The largest absolute Gasteiger partial charge is 0.480 e. The highest BCUT2D eigenvalue weighted by atomic mass is 16.4. The zero-order chi connectivity index (χ0) is 15.8. The number of carboxylic acids is 1. The Morgan fingerprint density at radius 1 is 1.29 bits per heavy atom. The molecule has 0 fully saturated rings. The van der Waals surface area contributed by atoms with Gasteiger partial charge in [0.2, 0.25) is 0 Å². The smallest absolute Gasteiger partial charge is 0.322 e. The molecule has 1 aromatic rings. The second-order valence-electron chi connectivity index (χ2n) is 4.99. The van der Waals surface area contributed by atoms with Crippen molar-refractivity contribution in [3.63, 3.8) is 0 Å². The lowest BCUT2D eigenvalue weighted by atomic mass is 10.2. The van der Waals surface area contributed by atoms with E-state index in [0.717, 1.165) is 31.7 Å². The lowest BCUT2D eigenvalue weighted by molar-refractivity contribution is -0.135. The van der Waals surface area contributed by atoms with Crippen LogP contribution in [0.15, 0.2) is 16.5 Å². The van der Waals surface area contributed by atoms with Gasteiger partial charge in [-0.2, -0.15) is 0 Å². The fraction of sp³-hybridized carbons (Fsp3) is 0.600. The van der Waals surface area contributed by atoms with E-state index in [1.807, 2.05) is 6.92 Å². The minimum atomic E-state index is -1.08. The van der Waals surface area contributed by atoms with E-state index >= 15 is 0 Å². The van der Waals surface area contributed by atoms with Crippen molar-refractivity contribution in [1.29, 1.82) is 0 Å². The maximum absolute atomic E-state index is 11.7. The predicted octanol–water partition coefficient (Wildman–Crippen LogP) is 2.28. The first-order chi connectivity index (χ1) is 9.99. The second-order valence-corrected chi connectivity index (χ2v) is 4.99. The van der Waals surface area contributed by atoms with Crippen LogP contribution in [0.3, 0.4) is 0 Å². The molecule has 1 atom stereocenters. The van der Waals surface area contributed by atoms with Crippen LogP contribution in [0.25, 0.3) is 0 Å². The Balaban J connectivity index is 2.72. The number of nitrogens with zero attached hydrogens (tertiary/aromatic N) is 1. The lowest BCUT2D eigenvalue weighted by Crippen LogP contribution is -2.29.